The molecule has 0 atom stereocenters. The molecule has 0 spiro atoms. The second-order valence-electron chi connectivity index (χ2n) is 4.52. The molecule has 0 saturated heterocycles. The number of carbonyl (C=O) groups excluding carboxylic acids is 1. The highest BCUT2D eigenvalue weighted by molar-refractivity contribution is 5.75. The van der Waals surface area contributed by atoms with E-state index in [2.05, 4.69) is 5.32 Å². The maximum Gasteiger partial charge on any atom is 0.341 e. The average Bonchev–Trinajstić information content (AvgIpc) is 2.46. The Kier molecular flexibility index (Phi) is 7.89. The van der Waals surface area contributed by atoms with E-state index in [-0.39, 0.29) is 12.5 Å². The van der Waals surface area contributed by atoms with Gasteiger partial charge in [0, 0.05) is 26.7 Å². The summed E-state index contributed by atoms with van der Waals surface area (Å²) in [5.41, 5.74) is 1.05. The molecule has 0 aliphatic rings. The largest absolute Gasteiger partial charge is 0.482 e. The van der Waals surface area contributed by atoms with Crippen LogP contribution in [0.3, 0.4) is 0 Å². The van der Waals surface area contributed by atoms with Crippen molar-refractivity contribution in [3.8, 4) is 5.75 Å². The van der Waals surface area contributed by atoms with Gasteiger partial charge in [-0.3, -0.25) is 4.79 Å². The molecule has 0 heterocycles. The molecule has 0 aliphatic heterocycles. The summed E-state index contributed by atoms with van der Waals surface area (Å²) in [5.74, 6) is -0.464. The number of carboxylic acid groups (broad SMARTS) is 1. The SMILES string of the molecule is COCCCC(=O)NCCc1ccc(OCC(=O)O)cc1. The van der Waals surface area contributed by atoms with Gasteiger partial charge in [-0.15, -0.1) is 0 Å². The summed E-state index contributed by atoms with van der Waals surface area (Å²) in [6.07, 6.45) is 1.91. The van der Waals surface area contributed by atoms with Gasteiger partial charge < -0.3 is 19.9 Å². The molecule has 0 radical (unpaired) electrons. The van der Waals surface area contributed by atoms with E-state index in [0.717, 1.165) is 18.4 Å². The Morgan fingerprint density at radius 1 is 1.24 bits per heavy atom. The highest BCUT2D eigenvalue weighted by atomic mass is 16.5. The summed E-state index contributed by atoms with van der Waals surface area (Å²) in [4.78, 5) is 21.8. The van der Waals surface area contributed by atoms with Crippen molar-refractivity contribution in [2.24, 2.45) is 0 Å². The maximum atomic E-state index is 11.5. The third-order valence-electron chi connectivity index (χ3n) is 2.77. The van der Waals surface area contributed by atoms with Crippen LogP contribution in [0.4, 0.5) is 0 Å². The molecule has 1 rings (SSSR count). The minimum absolute atomic E-state index is 0.0217. The molecule has 0 aliphatic carbocycles. The fraction of sp³-hybridized carbons (Fsp3) is 0.467. The average molecular weight is 295 g/mol. The number of amides is 1. The lowest BCUT2D eigenvalue weighted by atomic mass is 10.1. The van der Waals surface area contributed by atoms with Crippen LogP contribution in [-0.2, 0) is 20.7 Å². The van der Waals surface area contributed by atoms with Crippen LogP contribution in [-0.4, -0.2) is 43.9 Å². The van der Waals surface area contributed by atoms with E-state index in [1.165, 1.54) is 0 Å². The summed E-state index contributed by atoms with van der Waals surface area (Å²) >= 11 is 0. The van der Waals surface area contributed by atoms with Gasteiger partial charge in [0.1, 0.15) is 5.75 Å². The minimum Gasteiger partial charge on any atom is -0.482 e. The Morgan fingerprint density at radius 3 is 2.57 bits per heavy atom. The predicted octanol–water partition coefficient (Wildman–Crippen LogP) is 1.24. The number of benzene rings is 1. The van der Waals surface area contributed by atoms with E-state index in [0.29, 0.717) is 25.3 Å². The normalized spacial score (nSPS) is 10.1. The summed E-state index contributed by atoms with van der Waals surface area (Å²) < 4.78 is 9.92. The van der Waals surface area contributed by atoms with Crippen LogP contribution in [0.25, 0.3) is 0 Å². The van der Waals surface area contributed by atoms with Gasteiger partial charge in [0.25, 0.3) is 0 Å². The first-order valence-corrected chi connectivity index (χ1v) is 6.81. The Hall–Kier alpha value is -2.08. The molecule has 0 fully saturated rings. The number of carboxylic acids is 1. The fourth-order valence-electron chi connectivity index (χ4n) is 1.71. The smallest absolute Gasteiger partial charge is 0.341 e. The fourth-order valence-corrected chi connectivity index (χ4v) is 1.71. The number of hydrogen-bond acceptors (Lipinski definition) is 4. The molecule has 6 heteroatoms. The van der Waals surface area contributed by atoms with Crippen molar-refractivity contribution in [1.29, 1.82) is 0 Å². The third kappa shape index (κ3) is 7.94. The predicted molar refractivity (Wildman–Crippen MR) is 77.4 cm³/mol. The third-order valence-corrected chi connectivity index (χ3v) is 2.77. The molecular weight excluding hydrogens is 274 g/mol. The van der Waals surface area contributed by atoms with Crippen molar-refractivity contribution in [2.45, 2.75) is 19.3 Å². The van der Waals surface area contributed by atoms with Crippen molar-refractivity contribution in [3.63, 3.8) is 0 Å². The van der Waals surface area contributed by atoms with Crippen molar-refractivity contribution < 1.29 is 24.2 Å². The van der Waals surface area contributed by atoms with Crippen LogP contribution in [0.15, 0.2) is 24.3 Å². The number of methoxy groups -OCH3 is 1. The molecule has 1 aromatic rings. The molecule has 116 valence electrons. The number of ether oxygens (including phenoxy) is 2. The van der Waals surface area contributed by atoms with Crippen LogP contribution >= 0.6 is 0 Å². The zero-order valence-corrected chi connectivity index (χ0v) is 12.1. The molecule has 1 amide bonds. The summed E-state index contributed by atoms with van der Waals surface area (Å²) in [7, 11) is 1.61. The van der Waals surface area contributed by atoms with Crippen LogP contribution in [0.2, 0.25) is 0 Å². The first-order chi connectivity index (χ1) is 10.1. The zero-order valence-electron chi connectivity index (χ0n) is 12.1. The van der Waals surface area contributed by atoms with Gasteiger partial charge in [-0.25, -0.2) is 4.79 Å². The molecule has 0 saturated carbocycles. The van der Waals surface area contributed by atoms with Crippen LogP contribution in [0.1, 0.15) is 18.4 Å². The number of nitrogens with one attached hydrogen (secondary N) is 1. The Labute approximate surface area is 124 Å². The summed E-state index contributed by atoms with van der Waals surface area (Å²) in [6, 6.07) is 7.15. The molecule has 0 unspecified atom stereocenters. The molecule has 0 bridgehead atoms. The van der Waals surface area contributed by atoms with Crippen LogP contribution in [0.5, 0.6) is 5.75 Å². The second-order valence-corrected chi connectivity index (χ2v) is 4.52. The maximum absolute atomic E-state index is 11.5. The summed E-state index contributed by atoms with van der Waals surface area (Å²) in [6.45, 7) is 0.809. The number of aliphatic carboxylic acids is 1. The monoisotopic (exact) mass is 295 g/mol. The lowest BCUT2D eigenvalue weighted by molar-refractivity contribution is -0.139. The Balaban J connectivity index is 2.23. The molecule has 21 heavy (non-hydrogen) atoms. The van der Waals surface area contributed by atoms with Crippen molar-refractivity contribution in [3.05, 3.63) is 29.8 Å². The van der Waals surface area contributed by atoms with Crippen LogP contribution in [0, 0.1) is 0 Å². The van der Waals surface area contributed by atoms with E-state index >= 15 is 0 Å². The second kappa shape index (κ2) is 9.77. The van der Waals surface area contributed by atoms with Crippen molar-refractivity contribution >= 4 is 11.9 Å². The molecular formula is C15H21NO5. The highest BCUT2D eigenvalue weighted by Crippen LogP contribution is 2.12. The van der Waals surface area contributed by atoms with E-state index in [1.807, 2.05) is 12.1 Å². The molecule has 1 aromatic carbocycles. The van der Waals surface area contributed by atoms with Crippen molar-refractivity contribution in [1.82, 2.24) is 5.32 Å². The van der Waals surface area contributed by atoms with Gasteiger partial charge in [0.15, 0.2) is 6.61 Å². The van der Waals surface area contributed by atoms with E-state index < -0.39 is 5.97 Å². The standard InChI is InChI=1S/C15H21NO5/c1-20-10-2-3-14(17)16-9-8-12-4-6-13(7-5-12)21-11-15(18)19/h4-7H,2-3,8-11H2,1H3,(H,16,17)(H,18,19). The first kappa shape index (κ1) is 17.0. The lowest BCUT2D eigenvalue weighted by Crippen LogP contribution is -2.25. The van der Waals surface area contributed by atoms with Gasteiger partial charge >= 0.3 is 5.97 Å². The van der Waals surface area contributed by atoms with Gasteiger partial charge in [0.2, 0.25) is 5.91 Å². The Bertz CT molecular complexity index is 444. The lowest BCUT2D eigenvalue weighted by Gasteiger charge is -2.07. The van der Waals surface area contributed by atoms with Gasteiger partial charge in [-0.1, -0.05) is 12.1 Å². The van der Waals surface area contributed by atoms with Gasteiger partial charge in [-0.05, 0) is 30.5 Å². The topological polar surface area (TPSA) is 84.9 Å². The Morgan fingerprint density at radius 2 is 1.95 bits per heavy atom. The van der Waals surface area contributed by atoms with E-state index in [1.54, 1.807) is 19.2 Å². The van der Waals surface area contributed by atoms with E-state index in [9.17, 15) is 9.59 Å². The van der Waals surface area contributed by atoms with Crippen molar-refractivity contribution in [2.75, 3.05) is 26.9 Å². The van der Waals surface area contributed by atoms with Gasteiger partial charge in [0.05, 0.1) is 0 Å². The number of hydrogen-bond donors (Lipinski definition) is 2. The number of rotatable bonds is 10. The number of carbonyl (C=O) groups is 2. The van der Waals surface area contributed by atoms with Crippen LogP contribution < -0.4 is 10.1 Å². The molecule has 0 aromatic heterocycles. The molecule has 6 nitrogen and oxygen atoms in total. The first-order valence-electron chi connectivity index (χ1n) is 6.81. The van der Waals surface area contributed by atoms with Gasteiger partial charge in [-0.2, -0.15) is 0 Å². The quantitative estimate of drug-likeness (QED) is 0.634. The zero-order chi connectivity index (χ0) is 15.5. The molecule has 2 N–H and O–H groups in total. The minimum atomic E-state index is -1.00. The highest BCUT2D eigenvalue weighted by Gasteiger charge is 2.02. The van der Waals surface area contributed by atoms with E-state index in [4.69, 9.17) is 14.6 Å². The summed E-state index contributed by atoms with van der Waals surface area (Å²) in [5, 5.41) is 11.3.